The minimum absolute atomic E-state index is 0.385. The smallest absolute Gasteiger partial charge is 0.237 e. The van der Waals surface area contributed by atoms with E-state index in [0.717, 1.165) is 17.7 Å². The number of alkyl halides is 3. The summed E-state index contributed by atoms with van der Waals surface area (Å²) in [5, 5.41) is 0. The molecule has 0 N–H and O–H groups in total. The third kappa shape index (κ3) is 3.28. The molecule has 0 aliphatic carbocycles. The standard InChI is InChI=1S/C12H11F3O3S/c1-4-11(3,12(13,14)15)18-19(16,17)10-7-5-9(2)6-8-10/h1,5-8H,2-3H3. The summed E-state index contributed by atoms with van der Waals surface area (Å²) in [5.41, 5.74) is -2.44. The molecule has 0 aliphatic rings. The van der Waals surface area contributed by atoms with Crippen molar-refractivity contribution in [1.29, 1.82) is 0 Å². The molecule has 0 aromatic heterocycles. The summed E-state index contributed by atoms with van der Waals surface area (Å²) in [6, 6.07) is 5.18. The van der Waals surface area contributed by atoms with Crippen molar-refractivity contribution in [2.24, 2.45) is 0 Å². The first-order chi connectivity index (χ1) is 8.52. The van der Waals surface area contributed by atoms with Gasteiger partial charge in [0.05, 0.1) is 4.90 Å². The van der Waals surface area contributed by atoms with E-state index in [1.807, 2.05) is 0 Å². The molecule has 1 rings (SSSR count). The highest BCUT2D eigenvalue weighted by atomic mass is 32.2. The molecule has 3 nitrogen and oxygen atoms in total. The Morgan fingerprint density at radius 3 is 2.05 bits per heavy atom. The van der Waals surface area contributed by atoms with E-state index in [2.05, 4.69) is 4.18 Å². The Kier molecular flexibility index (Phi) is 3.98. The summed E-state index contributed by atoms with van der Waals surface area (Å²) in [5.74, 6) is 1.33. The lowest BCUT2D eigenvalue weighted by molar-refractivity contribution is -0.217. The maximum atomic E-state index is 12.7. The zero-order chi connectivity index (χ0) is 14.9. The molecule has 1 aromatic rings. The molecule has 0 saturated carbocycles. The monoisotopic (exact) mass is 292 g/mol. The topological polar surface area (TPSA) is 43.4 Å². The van der Waals surface area contributed by atoms with E-state index >= 15 is 0 Å². The first-order valence-electron chi connectivity index (χ1n) is 5.09. The van der Waals surface area contributed by atoms with E-state index in [4.69, 9.17) is 6.42 Å². The fourth-order valence-electron chi connectivity index (χ4n) is 1.13. The molecule has 1 aromatic carbocycles. The van der Waals surface area contributed by atoms with Crippen LogP contribution in [0.3, 0.4) is 0 Å². The normalized spacial score (nSPS) is 15.6. The van der Waals surface area contributed by atoms with Crippen LogP contribution in [0, 0.1) is 19.3 Å². The molecule has 0 saturated heterocycles. The van der Waals surface area contributed by atoms with Crippen LogP contribution in [0.25, 0.3) is 0 Å². The second kappa shape index (κ2) is 4.87. The van der Waals surface area contributed by atoms with Gasteiger partial charge in [0, 0.05) is 0 Å². The molecular weight excluding hydrogens is 281 g/mol. The molecule has 19 heavy (non-hydrogen) atoms. The molecule has 1 unspecified atom stereocenters. The van der Waals surface area contributed by atoms with Crippen LogP contribution in [-0.4, -0.2) is 20.2 Å². The van der Waals surface area contributed by atoms with Crippen molar-refractivity contribution in [2.75, 3.05) is 0 Å². The van der Waals surface area contributed by atoms with Gasteiger partial charge in [-0.05, 0) is 26.0 Å². The first kappa shape index (κ1) is 15.5. The minimum atomic E-state index is -5.00. The van der Waals surface area contributed by atoms with E-state index in [-0.39, 0.29) is 4.90 Å². The fraction of sp³-hybridized carbons (Fsp3) is 0.333. The molecule has 0 heterocycles. The number of hydrogen-bond acceptors (Lipinski definition) is 3. The third-order valence-electron chi connectivity index (χ3n) is 2.40. The number of benzene rings is 1. The fourth-order valence-corrected chi connectivity index (χ4v) is 2.27. The number of terminal acetylenes is 1. The average molecular weight is 292 g/mol. The van der Waals surface area contributed by atoms with Crippen LogP contribution >= 0.6 is 0 Å². The highest BCUT2D eigenvalue weighted by Crippen LogP contribution is 2.35. The Hall–Kier alpha value is -1.52. The highest BCUT2D eigenvalue weighted by Gasteiger charge is 2.54. The van der Waals surface area contributed by atoms with Crippen LogP contribution in [0.5, 0.6) is 0 Å². The lowest BCUT2D eigenvalue weighted by Gasteiger charge is -2.25. The van der Waals surface area contributed by atoms with Gasteiger partial charge < -0.3 is 0 Å². The van der Waals surface area contributed by atoms with Crippen LogP contribution in [-0.2, 0) is 14.3 Å². The highest BCUT2D eigenvalue weighted by molar-refractivity contribution is 7.86. The third-order valence-corrected chi connectivity index (χ3v) is 3.80. The van der Waals surface area contributed by atoms with Gasteiger partial charge >= 0.3 is 6.18 Å². The Labute approximate surface area is 109 Å². The van der Waals surface area contributed by atoms with E-state index in [9.17, 15) is 21.6 Å². The summed E-state index contributed by atoms with van der Waals surface area (Å²) in [4.78, 5) is -0.385. The lowest BCUT2D eigenvalue weighted by atomic mass is 10.1. The molecule has 7 heteroatoms. The van der Waals surface area contributed by atoms with Crippen molar-refractivity contribution in [2.45, 2.75) is 30.5 Å². The SMILES string of the molecule is C#CC(C)(OS(=O)(=O)c1ccc(C)cc1)C(F)(F)F. The van der Waals surface area contributed by atoms with Crippen LogP contribution in [0.1, 0.15) is 12.5 Å². The number of rotatable bonds is 3. The van der Waals surface area contributed by atoms with E-state index < -0.39 is 21.9 Å². The molecule has 0 amide bonds. The van der Waals surface area contributed by atoms with Crippen LogP contribution in [0.4, 0.5) is 13.2 Å². The Balaban J connectivity index is 3.17. The predicted octanol–water partition coefficient (Wildman–Crippen LogP) is 2.65. The minimum Gasteiger partial charge on any atom is -0.237 e. The number of aryl methyl sites for hydroxylation is 1. The van der Waals surface area contributed by atoms with E-state index in [1.54, 1.807) is 6.92 Å². The molecule has 0 radical (unpaired) electrons. The maximum absolute atomic E-state index is 12.7. The van der Waals surface area contributed by atoms with Gasteiger partial charge in [0.25, 0.3) is 10.1 Å². The summed E-state index contributed by atoms with van der Waals surface area (Å²) < 4.78 is 65.7. The van der Waals surface area contributed by atoms with Crippen LogP contribution in [0.2, 0.25) is 0 Å². The molecule has 104 valence electrons. The Bertz CT molecular complexity index is 597. The quantitative estimate of drug-likeness (QED) is 0.635. The van der Waals surface area contributed by atoms with Gasteiger partial charge in [-0.25, -0.2) is 4.18 Å². The van der Waals surface area contributed by atoms with Crippen molar-refractivity contribution < 1.29 is 25.8 Å². The zero-order valence-electron chi connectivity index (χ0n) is 10.2. The molecule has 1 atom stereocenters. The Morgan fingerprint density at radius 1 is 1.21 bits per heavy atom. The van der Waals surface area contributed by atoms with E-state index in [0.29, 0.717) is 6.92 Å². The molecule has 0 bridgehead atoms. The summed E-state index contributed by atoms with van der Waals surface area (Å²) >= 11 is 0. The van der Waals surface area contributed by atoms with Gasteiger partial charge in [-0.1, -0.05) is 23.6 Å². The average Bonchev–Trinajstić information content (AvgIpc) is 2.27. The Morgan fingerprint density at radius 2 is 1.68 bits per heavy atom. The molecule has 0 aliphatic heterocycles. The maximum Gasteiger partial charge on any atom is 0.430 e. The largest absolute Gasteiger partial charge is 0.430 e. The summed E-state index contributed by atoms with van der Waals surface area (Å²) in [7, 11) is -4.59. The van der Waals surface area contributed by atoms with Crippen LogP contribution in [0.15, 0.2) is 29.2 Å². The van der Waals surface area contributed by atoms with E-state index in [1.165, 1.54) is 18.1 Å². The predicted molar refractivity (Wildman–Crippen MR) is 62.7 cm³/mol. The van der Waals surface area contributed by atoms with Crippen molar-refractivity contribution in [1.82, 2.24) is 0 Å². The van der Waals surface area contributed by atoms with Gasteiger partial charge in [-0.2, -0.15) is 21.6 Å². The van der Waals surface area contributed by atoms with Gasteiger partial charge in [0.15, 0.2) is 0 Å². The number of halogens is 3. The lowest BCUT2D eigenvalue weighted by Crippen LogP contribution is -2.45. The van der Waals surface area contributed by atoms with Gasteiger partial charge in [0.1, 0.15) is 0 Å². The van der Waals surface area contributed by atoms with Gasteiger partial charge in [0.2, 0.25) is 5.60 Å². The van der Waals surface area contributed by atoms with Crippen molar-refractivity contribution in [3.05, 3.63) is 29.8 Å². The molecule has 0 fully saturated rings. The van der Waals surface area contributed by atoms with Crippen molar-refractivity contribution in [3.63, 3.8) is 0 Å². The summed E-state index contributed by atoms with van der Waals surface area (Å²) in [6.45, 7) is 2.19. The molecular formula is C12H11F3O3S. The van der Waals surface area contributed by atoms with Gasteiger partial charge in [-0.3, -0.25) is 0 Å². The van der Waals surface area contributed by atoms with Gasteiger partial charge in [-0.15, -0.1) is 6.42 Å². The second-order valence-electron chi connectivity index (χ2n) is 4.03. The molecule has 0 spiro atoms. The summed E-state index contributed by atoms with van der Waals surface area (Å²) in [6.07, 6.45) is -0.257. The van der Waals surface area contributed by atoms with Crippen LogP contribution < -0.4 is 0 Å². The zero-order valence-corrected chi connectivity index (χ0v) is 11.0. The second-order valence-corrected chi connectivity index (χ2v) is 5.57. The first-order valence-corrected chi connectivity index (χ1v) is 6.49. The van der Waals surface area contributed by atoms with Crippen molar-refractivity contribution >= 4 is 10.1 Å². The number of hydrogen-bond donors (Lipinski definition) is 0. The van der Waals surface area contributed by atoms with Crippen molar-refractivity contribution in [3.8, 4) is 12.3 Å².